The van der Waals surface area contributed by atoms with Gasteiger partial charge in [-0.05, 0) is 52.9 Å². The minimum atomic E-state index is 0.253. The smallest absolute Gasteiger partial charge is 0.162 e. The summed E-state index contributed by atoms with van der Waals surface area (Å²) >= 11 is 3.50. The number of halogens is 1. The van der Waals surface area contributed by atoms with Crippen LogP contribution in [-0.4, -0.2) is 12.4 Å². The summed E-state index contributed by atoms with van der Waals surface area (Å²) in [7, 11) is 0. The third-order valence-corrected chi connectivity index (χ3v) is 4.84. The maximum Gasteiger partial charge on any atom is 0.162 e. The molecule has 0 radical (unpaired) electrons. The number of benzene rings is 1. The molecule has 0 unspecified atom stereocenters. The van der Waals surface area contributed by atoms with Gasteiger partial charge in [0.05, 0.1) is 11.1 Å². The highest BCUT2D eigenvalue weighted by atomic mass is 79.9. The number of carbonyl (C=O) groups is 1. The van der Waals surface area contributed by atoms with Gasteiger partial charge in [0.25, 0.3) is 0 Å². The minimum absolute atomic E-state index is 0.253. The normalized spacial score (nSPS) is 15.9. The molecule has 0 heterocycles. The molecule has 1 fully saturated rings. The summed E-state index contributed by atoms with van der Waals surface area (Å²) in [6, 6.07) is 5.68. The van der Waals surface area contributed by atoms with Crippen molar-refractivity contribution in [3.05, 3.63) is 28.2 Å². The Labute approximate surface area is 136 Å². The van der Waals surface area contributed by atoms with Crippen LogP contribution in [0.2, 0.25) is 0 Å². The third-order valence-electron chi connectivity index (χ3n) is 4.22. The van der Waals surface area contributed by atoms with Crippen molar-refractivity contribution in [1.29, 1.82) is 0 Å². The van der Waals surface area contributed by atoms with Crippen molar-refractivity contribution in [3.8, 4) is 5.75 Å². The molecule has 1 aliphatic rings. The van der Waals surface area contributed by atoms with Gasteiger partial charge in [0.15, 0.2) is 5.78 Å². The van der Waals surface area contributed by atoms with Gasteiger partial charge in [0, 0.05) is 12.0 Å². The SMILES string of the molecule is CCCOc1ccc(C(=O)CCC2CCCCC2)cc1Br. The lowest BCUT2D eigenvalue weighted by Crippen LogP contribution is -2.09. The van der Waals surface area contributed by atoms with Crippen LogP contribution in [0.4, 0.5) is 0 Å². The first kappa shape index (κ1) is 16.5. The summed E-state index contributed by atoms with van der Waals surface area (Å²) < 4.78 is 6.49. The molecule has 0 spiro atoms. The summed E-state index contributed by atoms with van der Waals surface area (Å²) in [5.74, 6) is 1.84. The highest BCUT2D eigenvalue weighted by Crippen LogP contribution is 2.29. The Bertz CT molecular complexity index is 464. The van der Waals surface area contributed by atoms with Crippen molar-refractivity contribution >= 4 is 21.7 Å². The minimum Gasteiger partial charge on any atom is -0.492 e. The van der Waals surface area contributed by atoms with E-state index in [1.807, 2.05) is 18.2 Å². The fourth-order valence-corrected chi connectivity index (χ4v) is 3.45. The van der Waals surface area contributed by atoms with E-state index in [1.54, 1.807) is 0 Å². The topological polar surface area (TPSA) is 26.3 Å². The molecule has 2 rings (SSSR count). The van der Waals surface area contributed by atoms with Gasteiger partial charge in [-0.1, -0.05) is 39.0 Å². The fourth-order valence-electron chi connectivity index (χ4n) is 2.96. The largest absolute Gasteiger partial charge is 0.492 e. The van der Waals surface area contributed by atoms with E-state index in [-0.39, 0.29) is 5.78 Å². The Balaban J connectivity index is 1.88. The van der Waals surface area contributed by atoms with Gasteiger partial charge < -0.3 is 4.74 Å². The number of hydrogen-bond acceptors (Lipinski definition) is 2. The van der Waals surface area contributed by atoms with E-state index >= 15 is 0 Å². The van der Waals surface area contributed by atoms with Gasteiger partial charge in [0.1, 0.15) is 5.75 Å². The average molecular weight is 353 g/mol. The molecule has 0 atom stereocenters. The van der Waals surface area contributed by atoms with E-state index in [2.05, 4.69) is 22.9 Å². The highest BCUT2D eigenvalue weighted by molar-refractivity contribution is 9.10. The predicted octanol–water partition coefficient (Wildman–Crippen LogP) is 5.78. The van der Waals surface area contributed by atoms with Crippen LogP contribution in [0, 0.1) is 5.92 Å². The van der Waals surface area contributed by atoms with Crippen LogP contribution in [0.25, 0.3) is 0 Å². The molecule has 0 amide bonds. The third kappa shape index (κ3) is 5.14. The Kier molecular flexibility index (Phi) is 6.75. The van der Waals surface area contributed by atoms with E-state index in [4.69, 9.17) is 4.74 Å². The van der Waals surface area contributed by atoms with E-state index in [9.17, 15) is 4.79 Å². The van der Waals surface area contributed by atoms with Crippen molar-refractivity contribution in [3.63, 3.8) is 0 Å². The quantitative estimate of drug-likeness (QED) is 0.581. The number of hydrogen-bond donors (Lipinski definition) is 0. The molecule has 21 heavy (non-hydrogen) atoms. The van der Waals surface area contributed by atoms with Gasteiger partial charge in [0.2, 0.25) is 0 Å². The van der Waals surface area contributed by atoms with Crippen LogP contribution in [-0.2, 0) is 0 Å². The number of Topliss-reactive ketones (excluding diaryl/α,β-unsaturated/α-hetero) is 1. The highest BCUT2D eigenvalue weighted by Gasteiger charge is 2.16. The van der Waals surface area contributed by atoms with Crippen LogP contribution >= 0.6 is 15.9 Å². The molecule has 1 aromatic rings. The molecular weight excluding hydrogens is 328 g/mol. The molecule has 1 saturated carbocycles. The van der Waals surface area contributed by atoms with Crippen molar-refractivity contribution in [2.45, 2.75) is 58.3 Å². The van der Waals surface area contributed by atoms with Gasteiger partial charge in [-0.3, -0.25) is 4.79 Å². The zero-order chi connectivity index (χ0) is 15.1. The van der Waals surface area contributed by atoms with Gasteiger partial charge in [-0.2, -0.15) is 0 Å². The second-order valence-electron chi connectivity index (χ2n) is 5.96. The standard InChI is InChI=1S/C18H25BrO2/c1-2-12-21-18-11-9-15(13-16(18)19)17(20)10-8-14-6-4-3-5-7-14/h9,11,13-14H,2-8,10,12H2,1H3. The first-order valence-corrected chi connectivity index (χ1v) is 8.95. The zero-order valence-corrected chi connectivity index (χ0v) is 14.5. The number of rotatable bonds is 7. The first-order valence-electron chi connectivity index (χ1n) is 8.16. The average Bonchev–Trinajstić information content (AvgIpc) is 2.52. The molecule has 0 saturated heterocycles. The summed E-state index contributed by atoms with van der Waals surface area (Å²) in [5.41, 5.74) is 0.793. The first-order chi connectivity index (χ1) is 10.2. The lowest BCUT2D eigenvalue weighted by Gasteiger charge is -2.20. The summed E-state index contributed by atoms with van der Waals surface area (Å²) in [6.45, 7) is 2.78. The molecule has 3 heteroatoms. The Morgan fingerprint density at radius 2 is 2.05 bits per heavy atom. The molecule has 1 aromatic carbocycles. The predicted molar refractivity (Wildman–Crippen MR) is 90.1 cm³/mol. The molecule has 2 nitrogen and oxygen atoms in total. The maximum absolute atomic E-state index is 12.3. The van der Waals surface area contributed by atoms with Crippen LogP contribution in [0.5, 0.6) is 5.75 Å². The molecule has 0 aliphatic heterocycles. The molecular formula is C18H25BrO2. The van der Waals surface area contributed by atoms with Crippen LogP contribution in [0.3, 0.4) is 0 Å². The molecule has 0 aromatic heterocycles. The number of carbonyl (C=O) groups excluding carboxylic acids is 1. The van der Waals surface area contributed by atoms with Gasteiger partial charge >= 0.3 is 0 Å². The molecule has 0 N–H and O–H groups in total. The van der Waals surface area contributed by atoms with Gasteiger partial charge in [-0.25, -0.2) is 0 Å². The lowest BCUT2D eigenvalue weighted by molar-refractivity contribution is 0.0970. The van der Waals surface area contributed by atoms with Crippen LogP contribution in [0.15, 0.2) is 22.7 Å². The lowest BCUT2D eigenvalue weighted by atomic mass is 9.85. The van der Waals surface area contributed by atoms with Crippen molar-refractivity contribution < 1.29 is 9.53 Å². The molecule has 0 bridgehead atoms. The number of ether oxygens (including phenoxy) is 1. The van der Waals surface area contributed by atoms with E-state index in [1.165, 1.54) is 32.1 Å². The Hall–Kier alpha value is -0.830. The van der Waals surface area contributed by atoms with Crippen LogP contribution < -0.4 is 4.74 Å². The van der Waals surface area contributed by atoms with E-state index in [0.717, 1.165) is 34.5 Å². The summed E-state index contributed by atoms with van der Waals surface area (Å²) in [6.07, 6.45) is 9.37. The second-order valence-corrected chi connectivity index (χ2v) is 6.81. The second kappa shape index (κ2) is 8.57. The zero-order valence-electron chi connectivity index (χ0n) is 12.9. The Morgan fingerprint density at radius 1 is 1.29 bits per heavy atom. The Morgan fingerprint density at radius 3 is 2.71 bits per heavy atom. The monoisotopic (exact) mass is 352 g/mol. The van der Waals surface area contributed by atoms with E-state index in [0.29, 0.717) is 13.0 Å². The summed E-state index contributed by atoms with van der Waals surface area (Å²) in [5, 5.41) is 0. The molecule has 1 aliphatic carbocycles. The maximum atomic E-state index is 12.3. The fraction of sp³-hybridized carbons (Fsp3) is 0.611. The van der Waals surface area contributed by atoms with Crippen molar-refractivity contribution in [1.82, 2.24) is 0 Å². The van der Waals surface area contributed by atoms with Gasteiger partial charge in [-0.15, -0.1) is 0 Å². The molecule has 116 valence electrons. The van der Waals surface area contributed by atoms with Crippen molar-refractivity contribution in [2.24, 2.45) is 5.92 Å². The van der Waals surface area contributed by atoms with Crippen LogP contribution in [0.1, 0.15) is 68.6 Å². The summed E-state index contributed by atoms with van der Waals surface area (Å²) in [4.78, 5) is 12.3. The number of ketones is 1. The van der Waals surface area contributed by atoms with E-state index < -0.39 is 0 Å². The van der Waals surface area contributed by atoms with Crippen molar-refractivity contribution in [2.75, 3.05) is 6.61 Å².